The number of aryl methyl sites for hydroxylation is 2. The quantitative estimate of drug-likeness (QED) is 0.673. The molecule has 0 fully saturated rings. The number of aliphatic carboxylic acids is 1. The van der Waals surface area contributed by atoms with Gasteiger partial charge in [0.2, 0.25) is 5.91 Å². The zero-order valence-corrected chi connectivity index (χ0v) is 17.8. The molecule has 0 aliphatic carbocycles. The average molecular weight is 459 g/mol. The Labute approximate surface area is 181 Å². The third-order valence-electron chi connectivity index (χ3n) is 4.64. The van der Waals surface area contributed by atoms with E-state index in [1.165, 1.54) is 0 Å². The van der Waals surface area contributed by atoms with Crippen LogP contribution in [0.15, 0.2) is 18.6 Å². The molecule has 1 aliphatic heterocycles. The maximum atomic E-state index is 12.7. The van der Waals surface area contributed by atoms with Gasteiger partial charge < -0.3 is 19.3 Å². The summed E-state index contributed by atoms with van der Waals surface area (Å²) in [5.41, 5.74) is 2.34. The van der Waals surface area contributed by atoms with E-state index in [0.29, 0.717) is 25.4 Å². The number of aromatic nitrogens is 4. The molecule has 1 atom stereocenters. The number of rotatable bonds is 5. The summed E-state index contributed by atoms with van der Waals surface area (Å²) in [6.07, 6.45) is -1.34. The fourth-order valence-corrected chi connectivity index (χ4v) is 3.20. The van der Waals surface area contributed by atoms with Gasteiger partial charge in [0.15, 0.2) is 0 Å². The van der Waals surface area contributed by atoms with Crippen molar-refractivity contribution in [1.29, 1.82) is 0 Å². The first kappa shape index (κ1) is 24.9. The van der Waals surface area contributed by atoms with Gasteiger partial charge in [-0.05, 0) is 19.9 Å². The maximum absolute atomic E-state index is 12.7. The van der Waals surface area contributed by atoms with E-state index < -0.39 is 18.1 Å². The van der Waals surface area contributed by atoms with E-state index in [1.807, 2.05) is 24.6 Å². The normalized spacial score (nSPS) is 15.4. The van der Waals surface area contributed by atoms with Crippen LogP contribution in [0.4, 0.5) is 13.2 Å². The van der Waals surface area contributed by atoms with Gasteiger partial charge in [-0.1, -0.05) is 0 Å². The lowest BCUT2D eigenvalue weighted by Gasteiger charge is -2.32. The molecule has 0 saturated heterocycles. The maximum Gasteiger partial charge on any atom is 0.490 e. The van der Waals surface area contributed by atoms with Crippen LogP contribution in [0.3, 0.4) is 0 Å². The van der Waals surface area contributed by atoms with E-state index in [0.717, 1.165) is 17.9 Å². The number of hydrogen-bond acceptors (Lipinski definition) is 6. The largest absolute Gasteiger partial charge is 0.490 e. The summed E-state index contributed by atoms with van der Waals surface area (Å²) in [5.74, 6) is -3.63. The number of nitrogens with zero attached hydrogens (tertiary/aromatic N) is 5. The molecule has 0 aromatic carbocycles. The molecule has 13 heteroatoms. The van der Waals surface area contributed by atoms with Crippen molar-refractivity contribution in [2.45, 2.75) is 45.5 Å². The Morgan fingerprint density at radius 3 is 2.44 bits per heavy atom. The van der Waals surface area contributed by atoms with E-state index in [4.69, 9.17) is 14.6 Å². The van der Waals surface area contributed by atoms with Crippen molar-refractivity contribution >= 4 is 17.8 Å². The Morgan fingerprint density at radius 1 is 1.28 bits per heavy atom. The molecular weight excluding hydrogens is 435 g/mol. The lowest BCUT2D eigenvalue weighted by atomic mass is 9.97. The second-order valence-electron chi connectivity index (χ2n) is 6.90. The highest BCUT2D eigenvalue weighted by molar-refractivity contribution is 5.83. The smallest absolute Gasteiger partial charge is 0.475 e. The number of imidazole rings is 1. The lowest BCUT2D eigenvalue weighted by Crippen LogP contribution is -2.42. The van der Waals surface area contributed by atoms with Crippen molar-refractivity contribution in [2.24, 2.45) is 7.05 Å². The summed E-state index contributed by atoms with van der Waals surface area (Å²) < 4.78 is 40.6. The van der Waals surface area contributed by atoms with Gasteiger partial charge in [0.25, 0.3) is 0 Å². The number of carbonyl (C=O) groups excluding carboxylic acids is 2. The zero-order chi connectivity index (χ0) is 24.1. The molecule has 1 aliphatic rings. The number of halogens is 3. The van der Waals surface area contributed by atoms with Crippen LogP contribution in [0, 0.1) is 0 Å². The van der Waals surface area contributed by atoms with Crippen molar-refractivity contribution in [2.75, 3.05) is 13.2 Å². The number of carbonyl (C=O) groups is 3. The summed E-state index contributed by atoms with van der Waals surface area (Å²) in [7, 11) is 1.81. The molecule has 176 valence electrons. The first-order chi connectivity index (χ1) is 15.0. The first-order valence-electron chi connectivity index (χ1n) is 9.74. The predicted octanol–water partition coefficient (Wildman–Crippen LogP) is 1.50. The molecule has 2 aromatic rings. The minimum absolute atomic E-state index is 0.0651. The zero-order valence-electron chi connectivity index (χ0n) is 17.8. The molecule has 2 aromatic heterocycles. The van der Waals surface area contributed by atoms with Gasteiger partial charge in [-0.3, -0.25) is 14.3 Å². The molecule has 0 spiro atoms. The lowest BCUT2D eigenvalue weighted by molar-refractivity contribution is -0.192. The second kappa shape index (κ2) is 10.3. The Kier molecular flexibility index (Phi) is 8.00. The molecule has 3 rings (SSSR count). The third kappa shape index (κ3) is 6.08. The molecule has 32 heavy (non-hydrogen) atoms. The number of hydrogen-bond donors (Lipinski definition) is 1. The number of alkyl halides is 3. The van der Waals surface area contributed by atoms with Gasteiger partial charge >= 0.3 is 18.1 Å². The Hall–Kier alpha value is -3.38. The summed E-state index contributed by atoms with van der Waals surface area (Å²) >= 11 is 0. The first-order valence-corrected chi connectivity index (χ1v) is 9.74. The van der Waals surface area contributed by atoms with Crippen LogP contribution < -0.4 is 0 Å². The van der Waals surface area contributed by atoms with Gasteiger partial charge in [0, 0.05) is 26.3 Å². The van der Waals surface area contributed by atoms with Crippen molar-refractivity contribution in [3.8, 4) is 0 Å². The summed E-state index contributed by atoms with van der Waals surface area (Å²) in [5, 5.41) is 11.4. The monoisotopic (exact) mass is 459 g/mol. The minimum atomic E-state index is -5.08. The molecule has 3 heterocycles. The number of amides is 1. The van der Waals surface area contributed by atoms with Crippen molar-refractivity contribution < 1.29 is 37.4 Å². The van der Waals surface area contributed by atoms with Crippen LogP contribution in [-0.4, -0.2) is 66.5 Å². The van der Waals surface area contributed by atoms with Crippen LogP contribution in [0.25, 0.3) is 0 Å². The Morgan fingerprint density at radius 2 is 1.94 bits per heavy atom. The molecule has 1 amide bonds. The van der Waals surface area contributed by atoms with Gasteiger partial charge in [-0.2, -0.15) is 18.3 Å². The van der Waals surface area contributed by atoms with Crippen LogP contribution in [0.1, 0.15) is 36.8 Å². The fraction of sp³-hybridized carbons (Fsp3) is 0.526. The molecule has 0 saturated carbocycles. The van der Waals surface area contributed by atoms with E-state index in [2.05, 4.69) is 10.1 Å². The van der Waals surface area contributed by atoms with Gasteiger partial charge in [-0.15, -0.1) is 0 Å². The highest BCUT2D eigenvalue weighted by Gasteiger charge is 2.38. The minimum Gasteiger partial charge on any atom is -0.475 e. The van der Waals surface area contributed by atoms with Crippen LogP contribution in [0.5, 0.6) is 0 Å². The number of ether oxygens (including phenoxy) is 1. The number of carboxylic acids is 1. The Balaban J connectivity index is 0.000000451. The second-order valence-corrected chi connectivity index (χ2v) is 6.90. The average Bonchev–Trinajstić information content (AvgIpc) is 3.32. The molecule has 1 unspecified atom stereocenters. The predicted molar refractivity (Wildman–Crippen MR) is 103 cm³/mol. The summed E-state index contributed by atoms with van der Waals surface area (Å²) in [6.45, 7) is 5.53. The highest BCUT2D eigenvalue weighted by Crippen LogP contribution is 2.29. The highest BCUT2D eigenvalue weighted by atomic mass is 19.4. The van der Waals surface area contributed by atoms with Crippen molar-refractivity contribution in [3.63, 3.8) is 0 Å². The SMILES string of the molecule is CCOC(=O)C1CN(C(=O)Cc2ccn(C)n2)Cc2ncn(CC)c21.O=C(O)C(F)(F)F. The van der Waals surface area contributed by atoms with E-state index >= 15 is 0 Å². The van der Waals surface area contributed by atoms with Gasteiger partial charge in [0.05, 0.1) is 43.0 Å². The molecule has 0 bridgehead atoms. The fourth-order valence-electron chi connectivity index (χ4n) is 3.20. The van der Waals surface area contributed by atoms with Crippen LogP contribution in [-0.2, 0) is 45.7 Å². The summed E-state index contributed by atoms with van der Waals surface area (Å²) in [6, 6.07) is 1.82. The number of esters is 1. The standard InChI is InChI=1S/C17H23N5O3.C2HF3O2/c1-4-21-11-18-14-10-22(9-13(16(14)21)17(24)25-5-2)15(23)8-12-6-7-20(3)19-12;3-2(4,5)1(6)7/h6-7,11,13H,4-5,8-10H2,1-3H3;(H,6,7). The van der Waals surface area contributed by atoms with Crippen molar-refractivity contribution in [3.05, 3.63) is 35.7 Å². The molecule has 10 nitrogen and oxygen atoms in total. The van der Waals surface area contributed by atoms with Crippen molar-refractivity contribution in [1.82, 2.24) is 24.2 Å². The summed E-state index contributed by atoms with van der Waals surface area (Å²) in [4.78, 5) is 40.1. The Bertz CT molecular complexity index is 969. The molecular formula is C19H24F3N5O5. The number of fused-ring (bicyclic) bond motifs is 1. The van der Waals surface area contributed by atoms with Crippen LogP contribution >= 0.6 is 0 Å². The topological polar surface area (TPSA) is 120 Å². The van der Waals surface area contributed by atoms with Gasteiger partial charge in [-0.25, -0.2) is 9.78 Å². The number of carboxylic acid groups (broad SMARTS) is 1. The molecule has 1 N–H and O–H groups in total. The van der Waals surface area contributed by atoms with E-state index in [-0.39, 0.29) is 18.3 Å². The van der Waals surface area contributed by atoms with E-state index in [1.54, 1.807) is 29.0 Å². The van der Waals surface area contributed by atoms with E-state index in [9.17, 15) is 22.8 Å². The molecule has 0 radical (unpaired) electrons. The third-order valence-corrected chi connectivity index (χ3v) is 4.64. The van der Waals surface area contributed by atoms with Crippen LogP contribution in [0.2, 0.25) is 0 Å². The van der Waals surface area contributed by atoms with Gasteiger partial charge in [0.1, 0.15) is 5.92 Å².